The first-order chi connectivity index (χ1) is 4.83. The van der Waals surface area contributed by atoms with E-state index in [1.165, 1.54) is 36.8 Å². The van der Waals surface area contributed by atoms with Crippen molar-refractivity contribution in [3.8, 4) is 0 Å². The molecule has 0 amide bonds. The van der Waals surface area contributed by atoms with Crippen LogP contribution in [0.5, 0.6) is 0 Å². The Morgan fingerprint density at radius 3 is 3.00 bits per heavy atom. The van der Waals surface area contributed by atoms with Crippen LogP contribution in [-0.2, 0) is 0 Å². The molecule has 0 aromatic heterocycles. The zero-order chi connectivity index (χ0) is 7.40. The van der Waals surface area contributed by atoms with Crippen molar-refractivity contribution in [2.75, 3.05) is 24.6 Å². The number of alkyl halides is 1. The van der Waals surface area contributed by atoms with Gasteiger partial charge in [-0.1, -0.05) is 29.0 Å². The zero-order valence-electron chi connectivity index (χ0n) is 6.65. The lowest BCUT2D eigenvalue weighted by Crippen LogP contribution is -2.24. The van der Waals surface area contributed by atoms with E-state index in [-0.39, 0.29) is 0 Å². The highest BCUT2D eigenvalue weighted by molar-refractivity contribution is 14.1. The second-order valence-corrected chi connectivity index (χ2v) is 4.16. The van der Waals surface area contributed by atoms with Crippen molar-refractivity contribution in [1.82, 2.24) is 4.90 Å². The molecule has 1 rings (SSSR count). The molecule has 0 bridgehead atoms. The van der Waals surface area contributed by atoms with Crippen molar-refractivity contribution in [2.45, 2.75) is 19.3 Å². The Morgan fingerprint density at radius 1 is 1.50 bits per heavy atom. The maximum absolute atomic E-state index is 2.51. The highest BCUT2D eigenvalue weighted by Crippen LogP contribution is 2.16. The standard InChI is InChI=1S/C8H16IN/c1-10-5-3-2-4-8(6-9)7-10/h8H,2-7H2,1H3. The van der Waals surface area contributed by atoms with Gasteiger partial charge < -0.3 is 4.90 Å². The Labute approximate surface area is 77.3 Å². The summed E-state index contributed by atoms with van der Waals surface area (Å²) in [6, 6.07) is 0. The van der Waals surface area contributed by atoms with Crippen LogP contribution in [0, 0.1) is 5.92 Å². The van der Waals surface area contributed by atoms with Crippen LogP contribution in [0.3, 0.4) is 0 Å². The third-order valence-electron chi connectivity index (χ3n) is 2.19. The molecule has 0 aliphatic carbocycles. The van der Waals surface area contributed by atoms with Crippen LogP contribution in [0.25, 0.3) is 0 Å². The molecule has 1 saturated heterocycles. The molecule has 10 heavy (non-hydrogen) atoms. The van der Waals surface area contributed by atoms with Crippen LogP contribution < -0.4 is 0 Å². The van der Waals surface area contributed by atoms with E-state index in [9.17, 15) is 0 Å². The predicted octanol–water partition coefficient (Wildman–Crippen LogP) is 2.15. The van der Waals surface area contributed by atoms with Crippen molar-refractivity contribution in [2.24, 2.45) is 5.92 Å². The summed E-state index contributed by atoms with van der Waals surface area (Å²) in [6.45, 7) is 2.64. The minimum atomic E-state index is 0.966. The van der Waals surface area contributed by atoms with Crippen molar-refractivity contribution >= 4 is 22.6 Å². The second kappa shape index (κ2) is 4.54. The Bertz CT molecular complexity index is 95.3. The first-order valence-electron chi connectivity index (χ1n) is 4.07. The lowest BCUT2D eigenvalue weighted by atomic mass is 10.1. The molecule has 1 nitrogen and oxygen atoms in total. The van der Waals surface area contributed by atoms with Crippen LogP contribution in [0.2, 0.25) is 0 Å². The van der Waals surface area contributed by atoms with Gasteiger partial charge in [0, 0.05) is 11.0 Å². The van der Waals surface area contributed by atoms with Crippen molar-refractivity contribution in [3.63, 3.8) is 0 Å². The molecule has 1 aliphatic heterocycles. The van der Waals surface area contributed by atoms with Gasteiger partial charge in [0.25, 0.3) is 0 Å². The number of rotatable bonds is 1. The minimum Gasteiger partial charge on any atom is -0.306 e. The van der Waals surface area contributed by atoms with E-state index >= 15 is 0 Å². The van der Waals surface area contributed by atoms with Crippen LogP contribution in [0.4, 0.5) is 0 Å². The number of hydrogen-bond acceptors (Lipinski definition) is 1. The molecule has 1 atom stereocenters. The van der Waals surface area contributed by atoms with Gasteiger partial charge in [-0.15, -0.1) is 0 Å². The third kappa shape index (κ3) is 2.74. The molecule has 0 radical (unpaired) electrons. The Balaban J connectivity index is 2.30. The van der Waals surface area contributed by atoms with E-state index in [1.807, 2.05) is 0 Å². The first-order valence-corrected chi connectivity index (χ1v) is 5.60. The summed E-state index contributed by atoms with van der Waals surface area (Å²) in [7, 11) is 2.24. The summed E-state index contributed by atoms with van der Waals surface area (Å²) < 4.78 is 1.34. The second-order valence-electron chi connectivity index (χ2n) is 3.28. The molecular formula is C8H16IN. The maximum Gasteiger partial charge on any atom is 0.00359 e. The quantitative estimate of drug-likeness (QED) is 0.511. The van der Waals surface area contributed by atoms with E-state index in [1.54, 1.807) is 0 Å². The molecule has 0 saturated carbocycles. The Morgan fingerprint density at radius 2 is 2.30 bits per heavy atom. The van der Waals surface area contributed by atoms with Gasteiger partial charge in [0.1, 0.15) is 0 Å². The predicted molar refractivity (Wildman–Crippen MR) is 53.7 cm³/mol. The van der Waals surface area contributed by atoms with Gasteiger partial charge >= 0.3 is 0 Å². The van der Waals surface area contributed by atoms with E-state index < -0.39 is 0 Å². The molecular weight excluding hydrogens is 237 g/mol. The molecule has 2 heteroatoms. The molecule has 1 heterocycles. The molecule has 0 aromatic carbocycles. The summed E-state index contributed by atoms with van der Waals surface area (Å²) in [5.41, 5.74) is 0. The van der Waals surface area contributed by atoms with Crippen molar-refractivity contribution in [1.29, 1.82) is 0 Å². The molecule has 1 fully saturated rings. The molecule has 0 N–H and O–H groups in total. The fraction of sp³-hybridized carbons (Fsp3) is 1.00. The number of halogens is 1. The van der Waals surface area contributed by atoms with E-state index in [0.717, 1.165) is 5.92 Å². The van der Waals surface area contributed by atoms with E-state index in [4.69, 9.17) is 0 Å². The smallest absolute Gasteiger partial charge is 0.00359 e. The van der Waals surface area contributed by atoms with Crippen molar-refractivity contribution < 1.29 is 0 Å². The molecule has 0 aromatic rings. The summed E-state index contributed by atoms with van der Waals surface area (Å²) in [4.78, 5) is 2.47. The van der Waals surface area contributed by atoms with Crippen LogP contribution in [0.1, 0.15) is 19.3 Å². The van der Waals surface area contributed by atoms with Gasteiger partial charge in [-0.05, 0) is 32.4 Å². The highest BCUT2D eigenvalue weighted by Gasteiger charge is 2.13. The van der Waals surface area contributed by atoms with Gasteiger partial charge in [0.15, 0.2) is 0 Å². The number of hydrogen-bond donors (Lipinski definition) is 0. The molecule has 1 unspecified atom stereocenters. The van der Waals surface area contributed by atoms with Gasteiger partial charge in [-0.25, -0.2) is 0 Å². The first kappa shape index (κ1) is 8.78. The normalized spacial score (nSPS) is 30.0. The molecule has 60 valence electrons. The average molecular weight is 253 g/mol. The van der Waals surface area contributed by atoms with Crippen molar-refractivity contribution in [3.05, 3.63) is 0 Å². The van der Waals surface area contributed by atoms with Crippen LogP contribution in [-0.4, -0.2) is 29.5 Å². The summed E-state index contributed by atoms with van der Waals surface area (Å²) >= 11 is 2.51. The maximum atomic E-state index is 2.51. The lowest BCUT2D eigenvalue weighted by Gasteiger charge is -2.17. The minimum absolute atomic E-state index is 0.966. The number of likely N-dealkylation sites (tertiary alicyclic amines) is 1. The lowest BCUT2D eigenvalue weighted by molar-refractivity contribution is 0.314. The van der Waals surface area contributed by atoms with Gasteiger partial charge in [-0.2, -0.15) is 0 Å². The summed E-state index contributed by atoms with van der Waals surface area (Å²) in [6.07, 6.45) is 4.30. The van der Waals surface area contributed by atoms with E-state index in [2.05, 4.69) is 34.5 Å². The highest BCUT2D eigenvalue weighted by atomic mass is 127. The van der Waals surface area contributed by atoms with Crippen LogP contribution >= 0.6 is 22.6 Å². The van der Waals surface area contributed by atoms with Gasteiger partial charge in [-0.3, -0.25) is 0 Å². The third-order valence-corrected chi connectivity index (χ3v) is 3.44. The SMILES string of the molecule is CN1CCCCC(CI)C1. The van der Waals surface area contributed by atoms with Crippen LogP contribution in [0.15, 0.2) is 0 Å². The largest absolute Gasteiger partial charge is 0.306 e. The monoisotopic (exact) mass is 253 g/mol. The summed E-state index contributed by atoms with van der Waals surface area (Å²) in [5.74, 6) is 0.966. The average Bonchev–Trinajstić information content (AvgIpc) is 2.13. The zero-order valence-corrected chi connectivity index (χ0v) is 8.80. The fourth-order valence-electron chi connectivity index (χ4n) is 1.56. The Kier molecular flexibility index (Phi) is 3.99. The Hall–Kier alpha value is 0.690. The topological polar surface area (TPSA) is 3.24 Å². The van der Waals surface area contributed by atoms with Gasteiger partial charge in [0.2, 0.25) is 0 Å². The molecule has 0 spiro atoms. The number of nitrogens with zero attached hydrogens (tertiary/aromatic N) is 1. The van der Waals surface area contributed by atoms with E-state index in [0.29, 0.717) is 0 Å². The summed E-state index contributed by atoms with van der Waals surface area (Å²) in [5, 5.41) is 0. The fourth-order valence-corrected chi connectivity index (χ4v) is 2.28. The molecule has 1 aliphatic rings. The van der Waals surface area contributed by atoms with Gasteiger partial charge in [0.05, 0.1) is 0 Å².